The molecule has 3 rings (SSSR count). The van der Waals surface area contributed by atoms with Crippen LogP contribution < -0.4 is 5.56 Å². The van der Waals surface area contributed by atoms with Gasteiger partial charge in [-0.15, -0.1) is 0 Å². The number of Topliss-reactive ketones (excluding diaryl/α,β-unsaturated/α-hetero) is 1. The highest BCUT2D eigenvalue weighted by Crippen LogP contribution is 2.29. The second-order valence-electron chi connectivity index (χ2n) is 6.86. The lowest BCUT2D eigenvalue weighted by Gasteiger charge is -2.15. The highest BCUT2D eigenvalue weighted by atomic mass is 35.5. The molecule has 0 unspecified atom stereocenters. The van der Waals surface area contributed by atoms with Gasteiger partial charge in [0, 0.05) is 40.8 Å². The van der Waals surface area contributed by atoms with E-state index in [9.17, 15) is 9.59 Å². The monoisotopic (exact) mass is 393 g/mol. The molecule has 1 saturated carbocycles. The summed E-state index contributed by atoms with van der Waals surface area (Å²) in [5.74, 6) is 0.474. The van der Waals surface area contributed by atoms with Gasteiger partial charge in [-0.3, -0.25) is 9.59 Å². The Hall–Kier alpha value is -1.62. The zero-order valence-electron chi connectivity index (χ0n) is 14.9. The van der Waals surface area contributed by atoms with Crippen molar-refractivity contribution in [3.05, 3.63) is 67.0 Å². The van der Waals surface area contributed by atoms with E-state index in [0.29, 0.717) is 45.7 Å². The quantitative estimate of drug-likeness (QED) is 0.662. The van der Waals surface area contributed by atoms with E-state index in [1.807, 2.05) is 6.07 Å². The first-order chi connectivity index (χ1) is 12.4. The summed E-state index contributed by atoms with van der Waals surface area (Å²) in [6.07, 6.45) is 4.33. The Balaban J connectivity index is 1.92. The maximum absolute atomic E-state index is 12.7. The van der Waals surface area contributed by atoms with Crippen LogP contribution in [0.5, 0.6) is 0 Å². The van der Waals surface area contributed by atoms with Crippen molar-refractivity contribution in [3.63, 3.8) is 0 Å². The van der Waals surface area contributed by atoms with Crippen molar-refractivity contribution in [2.24, 2.45) is 13.0 Å². The van der Waals surface area contributed by atoms with Crippen LogP contribution in [0.15, 0.2) is 29.2 Å². The molecule has 0 bridgehead atoms. The van der Waals surface area contributed by atoms with Crippen molar-refractivity contribution < 1.29 is 9.53 Å². The minimum absolute atomic E-state index is 0.0233. The van der Waals surface area contributed by atoms with Gasteiger partial charge in [0.25, 0.3) is 5.56 Å². The summed E-state index contributed by atoms with van der Waals surface area (Å²) in [4.78, 5) is 25.1. The Labute approximate surface area is 162 Å². The molecular formula is C20H21Cl2NO3. The van der Waals surface area contributed by atoms with Crippen LogP contribution in [0.2, 0.25) is 10.0 Å². The predicted molar refractivity (Wildman–Crippen MR) is 104 cm³/mol. The molecule has 0 atom stereocenters. The zero-order valence-corrected chi connectivity index (χ0v) is 16.4. The summed E-state index contributed by atoms with van der Waals surface area (Å²) < 4.78 is 6.99. The van der Waals surface area contributed by atoms with Gasteiger partial charge >= 0.3 is 0 Å². The molecule has 26 heavy (non-hydrogen) atoms. The average molecular weight is 394 g/mol. The molecular weight excluding hydrogens is 373 g/mol. The minimum Gasteiger partial charge on any atom is -0.373 e. The number of ether oxygens (including phenoxy) is 1. The number of rotatable bonds is 7. The number of pyridine rings is 1. The number of nitrogens with zero attached hydrogens (tertiary/aromatic N) is 1. The summed E-state index contributed by atoms with van der Waals surface area (Å²) >= 11 is 12.2. The molecule has 1 aromatic carbocycles. The third-order valence-electron chi connectivity index (χ3n) is 4.71. The molecule has 0 aliphatic heterocycles. The number of ketones is 1. The van der Waals surface area contributed by atoms with E-state index in [1.165, 1.54) is 17.4 Å². The highest BCUT2D eigenvalue weighted by molar-refractivity contribution is 6.35. The van der Waals surface area contributed by atoms with Crippen LogP contribution in [-0.2, 0) is 18.2 Å². The molecule has 1 heterocycles. The number of carbonyl (C=O) groups excluding carboxylic acids is 1. The minimum atomic E-state index is -0.125. The van der Waals surface area contributed by atoms with Crippen LogP contribution in [0, 0.1) is 12.8 Å². The van der Waals surface area contributed by atoms with E-state index in [0.717, 1.165) is 5.56 Å². The summed E-state index contributed by atoms with van der Waals surface area (Å²) in [6.45, 7) is 2.38. The molecule has 0 N–H and O–H groups in total. The Kier molecular flexibility index (Phi) is 5.86. The molecule has 0 radical (unpaired) electrons. The van der Waals surface area contributed by atoms with Gasteiger partial charge in [0.2, 0.25) is 0 Å². The first-order valence-electron chi connectivity index (χ1n) is 8.60. The van der Waals surface area contributed by atoms with Gasteiger partial charge in [-0.05, 0) is 48.9 Å². The van der Waals surface area contributed by atoms with Crippen LogP contribution in [-0.4, -0.2) is 23.6 Å². The third-order valence-corrected chi connectivity index (χ3v) is 5.30. The highest BCUT2D eigenvalue weighted by Gasteiger charge is 2.23. The molecule has 0 amide bonds. The fourth-order valence-corrected chi connectivity index (χ4v) is 3.41. The summed E-state index contributed by atoms with van der Waals surface area (Å²) in [5.41, 5.74) is 2.44. The number of benzene rings is 1. The number of halogens is 2. The third kappa shape index (κ3) is 4.37. The molecule has 138 valence electrons. The van der Waals surface area contributed by atoms with Crippen molar-refractivity contribution in [2.75, 3.05) is 13.2 Å². The largest absolute Gasteiger partial charge is 0.373 e. The van der Waals surface area contributed by atoms with E-state index in [-0.39, 0.29) is 17.9 Å². The average Bonchev–Trinajstić information content (AvgIpc) is 3.41. The zero-order chi connectivity index (χ0) is 18.8. The Morgan fingerprint density at radius 2 is 2.04 bits per heavy atom. The van der Waals surface area contributed by atoms with E-state index in [2.05, 4.69) is 0 Å². The molecule has 0 spiro atoms. The summed E-state index contributed by atoms with van der Waals surface area (Å²) in [6, 6.07) is 5.23. The molecule has 6 heteroatoms. The van der Waals surface area contributed by atoms with Crippen LogP contribution in [0.3, 0.4) is 0 Å². The van der Waals surface area contributed by atoms with Crippen molar-refractivity contribution in [1.82, 2.24) is 4.57 Å². The second kappa shape index (κ2) is 7.95. The van der Waals surface area contributed by atoms with E-state index < -0.39 is 0 Å². The topological polar surface area (TPSA) is 48.3 Å². The molecule has 4 nitrogen and oxygen atoms in total. The molecule has 0 saturated heterocycles. The lowest BCUT2D eigenvalue weighted by Crippen LogP contribution is -2.25. The van der Waals surface area contributed by atoms with Gasteiger partial charge in [-0.25, -0.2) is 0 Å². The maximum Gasteiger partial charge on any atom is 0.253 e. The van der Waals surface area contributed by atoms with E-state index >= 15 is 0 Å². The smallest absolute Gasteiger partial charge is 0.253 e. The normalized spacial score (nSPS) is 13.8. The summed E-state index contributed by atoms with van der Waals surface area (Å²) in [5, 5.41) is 1.06. The van der Waals surface area contributed by atoms with Crippen LogP contribution in [0.25, 0.3) is 0 Å². The fraction of sp³-hybridized carbons (Fsp3) is 0.400. The van der Waals surface area contributed by atoms with Gasteiger partial charge in [-0.2, -0.15) is 0 Å². The van der Waals surface area contributed by atoms with Crippen molar-refractivity contribution >= 4 is 29.0 Å². The number of hydrogen-bond donors (Lipinski definition) is 0. The Bertz CT molecular complexity index is 901. The summed E-state index contributed by atoms with van der Waals surface area (Å²) in [7, 11) is 1.65. The van der Waals surface area contributed by atoms with Gasteiger partial charge in [-0.1, -0.05) is 29.3 Å². The second-order valence-corrected chi connectivity index (χ2v) is 7.70. The van der Waals surface area contributed by atoms with Crippen molar-refractivity contribution in [2.45, 2.75) is 26.2 Å². The number of carbonyl (C=O) groups is 1. The maximum atomic E-state index is 12.7. The lowest BCUT2D eigenvalue weighted by molar-refractivity contribution is 0.0738. The van der Waals surface area contributed by atoms with Crippen LogP contribution >= 0.6 is 23.2 Å². The van der Waals surface area contributed by atoms with Crippen LogP contribution in [0.4, 0.5) is 0 Å². The van der Waals surface area contributed by atoms with E-state index in [4.69, 9.17) is 27.9 Å². The molecule has 2 aromatic rings. The lowest BCUT2D eigenvalue weighted by atomic mass is 9.95. The van der Waals surface area contributed by atoms with E-state index in [1.54, 1.807) is 32.3 Å². The first-order valence-corrected chi connectivity index (χ1v) is 9.36. The van der Waals surface area contributed by atoms with Gasteiger partial charge in [0.05, 0.1) is 6.61 Å². The van der Waals surface area contributed by atoms with Crippen molar-refractivity contribution in [1.29, 1.82) is 0 Å². The van der Waals surface area contributed by atoms with Gasteiger partial charge in [0.1, 0.15) is 6.61 Å². The number of aryl methyl sites for hydroxylation is 1. The Morgan fingerprint density at radius 3 is 2.69 bits per heavy atom. The molecule has 1 fully saturated rings. The molecule has 1 aliphatic carbocycles. The fourth-order valence-electron chi connectivity index (χ4n) is 2.93. The Morgan fingerprint density at radius 1 is 1.31 bits per heavy atom. The number of aromatic nitrogens is 1. The van der Waals surface area contributed by atoms with Gasteiger partial charge in [0.15, 0.2) is 5.78 Å². The predicted octanol–water partition coefficient (Wildman–Crippen LogP) is 4.20. The first kappa shape index (κ1) is 19.2. The van der Waals surface area contributed by atoms with Crippen LogP contribution in [0.1, 0.15) is 39.9 Å². The molecule has 1 aromatic heterocycles. The number of hydrogen-bond acceptors (Lipinski definition) is 3. The SMILES string of the molecule is Cc1c(Cc2ccc(Cl)cc2Cl)c(C(=O)COCC2CC2)cn(C)c1=O. The molecule has 1 aliphatic rings. The van der Waals surface area contributed by atoms with Crippen molar-refractivity contribution in [3.8, 4) is 0 Å². The standard InChI is InChI=1S/C20H21Cl2NO3/c1-12-16(7-14-5-6-15(21)8-18(14)22)17(9-23(2)20(12)25)19(24)11-26-10-13-3-4-13/h5-6,8-9,13H,3-4,7,10-11H2,1-2H3. The van der Waals surface area contributed by atoms with Gasteiger partial charge < -0.3 is 9.30 Å².